The number of nitrogens with one attached hydrogen (secondary N) is 1. The van der Waals surface area contributed by atoms with Crippen LogP contribution in [0.25, 0.3) is 22.0 Å². The van der Waals surface area contributed by atoms with Gasteiger partial charge in [-0.2, -0.15) is 0 Å². The maximum Gasteiger partial charge on any atom is 0.161 e. The Bertz CT molecular complexity index is 1210. The predicted octanol–water partition coefficient (Wildman–Crippen LogP) is 5.07. The first-order valence-electron chi connectivity index (χ1n) is 9.65. The van der Waals surface area contributed by atoms with E-state index in [1.807, 2.05) is 60.7 Å². The monoisotopic (exact) mass is 417 g/mol. The zero-order chi connectivity index (χ0) is 21.8. The van der Waals surface area contributed by atoms with Gasteiger partial charge in [-0.05, 0) is 36.4 Å². The number of para-hydroxylation sites is 1. The minimum absolute atomic E-state index is 0.599. The largest absolute Gasteiger partial charge is 0.497 e. The Morgan fingerprint density at radius 2 is 1.32 bits per heavy atom. The molecule has 4 rings (SSSR count). The van der Waals surface area contributed by atoms with Gasteiger partial charge in [0.05, 0.1) is 28.4 Å². The Balaban J connectivity index is 1.96. The maximum atomic E-state index is 5.60. The topological polar surface area (TPSA) is 74.7 Å². The van der Waals surface area contributed by atoms with Crippen molar-refractivity contribution in [2.24, 2.45) is 0 Å². The minimum Gasteiger partial charge on any atom is -0.497 e. The van der Waals surface area contributed by atoms with E-state index in [-0.39, 0.29) is 0 Å². The Labute approximate surface area is 180 Å². The number of aromatic nitrogens is 2. The van der Waals surface area contributed by atoms with Crippen LogP contribution in [0.2, 0.25) is 0 Å². The quantitative estimate of drug-likeness (QED) is 0.450. The molecule has 0 fully saturated rings. The van der Waals surface area contributed by atoms with E-state index in [1.165, 1.54) is 0 Å². The molecule has 0 aliphatic rings. The molecule has 31 heavy (non-hydrogen) atoms. The van der Waals surface area contributed by atoms with Gasteiger partial charge in [-0.25, -0.2) is 0 Å². The molecule has 0 saturated heterocycles. The number of anilines is 2. The van der Waals surface area contributed by atoms with Crippen molar-refractivity contribution < 1.29 is 18.9 Å². The average Bonchev–Trinajstić information content (AvgIpc) is 2.83. The molecule has 0 aliphatic carbocycles. The van der Waals surface area contributed by atoms with Crippen LogP contribution < -0.4 is 24.3 Å². The molecule has 0 atom stereocenters. The third kappa shape index (κ3) is 3.90. The summed E-state index contributed by atoms with van der Waals surface area (Å²) in [6.45, 7) is 0. The second-order valence-corrected chi connectivity index (χ2v) is 6.71. The fourth-order valence-electron chi connectivity index (χ4n) is 3.42. The van der Waals surface area contributed by atoms with E-state index in [0.717, 1.165) is 22.0 Å². The smallest absolute Gasteiger partial charge is 0.161 e. The zero-order valence-corrected chi connectivity index (χ0v) is 17.8. The fourth-order valence-corrected chi connectivity index (χ4v) is 3.42. The van der Waals surface area contributed by atoms with Crippen LogP contribution >= 0.6 is 0 Å². The first-order chi connectivity index (χ1) is 15.2. The number of fused-ring (bicyclic) bond motifs is 1. The van der Waals surface area contributed by atoms with Crippen LogP contribution in [0.4, 0.5) is 11.5 Å². The molecular weight excluding hydrogens is 394 g/mol. The summed E-state index contributed by atoms with van der Waals surface area (Å²) in [6, 6.07) is 19.2. The molecule has 1 aromatic heterocycles. The molecule has 7 heteroatoms. The SMILES string of the molecule is COc1ccc(-c2nnc(Nc3ccccc3)c3cc(OC)c(OC)cc23)c(OC)c1. The minimum atomic E-state index is 0.599. The van der Waals surface area contributed by atoms with Crippen molar-refractivity contribution in [2.45, 2.75) is 0 Å². The molecule has 0 radical (unpaired) electrons. The highest BCUT2D eigenvalue weighted by Gasteiger charge is 2.19. The van der Waals surface area contributed by atoms with Gasteiger partial charge in [0.1, 0.15) is 17.2 Å². The molecule has 0 saturated carbocycles. The van der Waals surface area contributed by atoms with Gasteiger partial charge in [-0.15, -0.1) is 10.2 Å². The van der Waals surface area contributed by atoms with Gasteiger partial charge in [0.2, 0.25) is 0 Å². The van der Waals surface area contributed by atoms with Crippen LogP contribution in [0.3, 0.4) is 0 Å². The average molecular weight is 417 g/mol. The Morgan fingerprint density at radius 3 is 1.97 bits per heavy atom. The van der Waals surface area contributed by atoms with Gasteiger partial charge >= 0.3 is 0 Å². The van der Waals surface area contributed by atoms with Crippen LogP contribution in [0.5, 0.6) is 23.0 Å². The molecule has 4 aromatic rings. The lowest BCUT2D eigenvalue weighted by Crippen LogP contribution is -2.01. The van der Waals surface area contributed by atoms with Crippen molar-refractivity contribution in [2.75, 3.05) is 33.8 Å². The molecule has 0 amide bonds. The second kappa shape index (κ2) is 8.79. The van der Waals surface area contributed by atoms with Crippen molar-refractivity contribution >= 4 is 22.3 Å². The fraction of sp³-hybridized carbons (Fsp3) is 0.167. The Hall–Kier alpha value is -4.00. The van der Waals surface area contributed by atoms with E-state index in [4.69, 9.17) is 18.9 Å². The van der Waals surface area contributed by atoms with Gasteiger partial charge in [-0.1, -0.05) is 18.2 Å². The number of methoxy groups -OCH3 is 4. The Kier molecular flexibility index (Phi) is 5.75. The van der Waals surface area contributed by atoms with Gasteiger partial charge in [0.15, 0.2) is 17.3 Å². The van der Waals surface area contributed by atoms with Gasteiger partial charge in [0.25, 0.3) is 0 Å². The first kappa shape index (κ1) is 20.3. The number of ether oxygens (including phenoxy) is 4. The van der Waals surface area contributed by atoms with E-state index in [2.05, 4.69) is 15.5 Å². The summed E-state index contributed by atoms with van der Waals surface area (Å²) in [5, 5.41) is 14.0. The molecule has 0 aliphatic heterocycles. The molecule has 158 valence electrons. The Morgan fingerprint density at radius 1 is 0.645 bits per heavy atom. The highest BCUT2D eigenvalue weighted by atomic mass is 16.5. The summed E-state index contributed by atoms with van der Waals surface area (Å²) >= 11 is 0. The molecule has 7 nitrogen and oxygen atoms in total. The van der Waals surface area contributed by atoms with E-state index < -0.39 is 0 Å². The maximum absolute atomic E-state index is 5.60. The summed E-state index contributed by atoms with van der Waals surface area (Å²) in [5.74, 6) is 3.14. The number of hydrogen-bond donors (Lipinski definition) is 1. The van der Waals surface area contributed by atoms with Crippen LogP contribution in [-0.2, 0) is 0 Å². The highest BCUT2D eigenvalue weighted by molar-refractivity contribution is 6.03. The van der Waals surface area contributed by atoms with Crippen molar-refractivity contribution in [3.05, 3.63) is 60.7 Å². The molecule has 3 aromatic carbocycles. The van der Waals surface area contributed by atoms with Crippen LogP contribution in [0.15, 0.2) is 60.7 Å². The lowest BCUT2D eigenvalue weighted by Gasteiger charge is -2.16. The van der Waals surface area contributed by atoms with E-state index in [1.54, 1.807) is 28.4 Å². The van der Waals surface area contributed by atoms with Gasteiger partial charge in [-0.3, -0.25) is 0 Å². The zero-order valence-electron chi connectivity index (χ0n) is 17.8. The lowest BCUT2D eigenvalue weighted by molar-refractivity contribution is 0.356. The number of hydrogen-bond acceptors (Lipinski definition) is 7. The molecule has 1 N–H and O–H groups in total. The second-order valence-electron chi connectivity index (χ2n) is 6.71. The van der Waals surface area contributed by atoms with E-state index in [0.29, 0.717) is 34.5 Å². The van der Waals surface area contributed by atoms with E-state index >= 15 is 0 Å². The van der Waals surface area contributed by atoms with Gasteiger partial charge < -0.3 is 24.3 Å². The normalized spacial score (nSPS) is 10.6. The molecule has 1 heterocycles. The first-order valence-corrected chi connectivity index (χ1v) is 9.65. The highest BCUT2D eigenvalue weighted by Crippen LogP contribution is 2.41. The summed E-state index contributed by atoms with van der Waals surface area (Å²) in [4.78, 5) is 0. The van der Waals surface area contributed by atoms with Gasteiger partial charge in [0, 0.05) is 28.1 Å². The molecule has 0 spiro atoms. The third-order valence-corrected chi connectivity index (χ3v) is 4.98. The third-order valence-electron chi connectivity index (χ3n) is 4.98. The van der Waals surface area contributed by atoms with Crippen molar-refractivity contribution in [3.8, 4) is 34.3 Å². The molecule has 0 bridgehead atoms. The molecular formula is C24H23N3O4. The predicted molar refractivity (Wildman–Crippen MR) is 121 cm³/mol. The van der Waals surface area contributed by atoms with Crippen molar-refractivity contribution in [3.63, 3.8) is 0 Å². The van der Waals surface area contributed by atoms with Crippen LogP contribution in [-0.4, -0.2) is 38.6 Å². The summed E-state index contributed by atoms with van der Waals surface area (Å²) in [6.07, 6.45) is 0. The van der Waals surface area contributed by atoms with E-state index in [9.17, 15) is 0 Å². The summed E-state index contributed by atoms with van der Waals surface area (Å²) in [5.41, 5.74) is 2.36. The standard InChI is InChI=1S/C24H23N3O4/c1-28-16-10-11-17(20(12-16)29-2)23-18-13-21(30-3)22(31-4)14-19(18)24(27-26-23)25-15-8-6-5-7-9-15/h5-14H,1-4H3,(H,25,27). The van der Waals surface area contributed by atoms with Crippen molar-refractivity contribution in [1.29, 1.82) is 0 Å². The van der Waals surface area contributed by atoms with Crippen LogP contribution in [0, 0.1) is 0 Å². The van der Waals surface area contributed by atoms with Crippen molar-refractivity contribution in [1.82, 2.24) is 10.2 Å². The number of nitrogens with zero attached hydrogens (tertiary/aromatic N) is 2. The summed E-state index contributed by atoms with van der Waals surface area (Å²) in [7, 11) is 6.44. The van der Waals surface area contributed by atoms with Crippen LogP contribution in [0.1, 0.15) is 0 Å². The lowest BCUT2D eigenvalue weighted by atomic mass is 10.0. The molecule has 0 unspecified atom stereocenters. The number of rotatable bonds is 7. The number of benzene rings is 3. The summed E-state index contributed by atoms with van der Waals surface area (Å²) < 4.78 is 22.0.